The van der Waals surface area contributed by atoms with Crippen LogP contribution in [0.2, 0.25) is 0 Å². The van der Waals surface area contributed by atoms with Crippen molar-refractivity contribution in [2.45, 2.75) is 37.4 Å². The molecular weight excluding hydrogens is 278 g/mol. The van der Waals surface area contributed by atoms with Crippen LogP contribution < -0.4 is 10.6 Å². The highest BCUT2D eigenvalue weighted by Crippen LogP contribution is 2.28. The van der Waals surface area contributed by atoms with Gasteiger partial charge in [-0.15, -0.1) is 0 Å². The van der Waals surface area contributed by atoms with E-state index in [0.29, 0.717) is 5.82 Å². The van der Waals surface area contributed by atoms with Gasteiger partial charge in [-0.25, -0.2) is 4.79 Å². The smallest absolute Gasteiger partial charge is 0.351 e. The molecule has 0 radical (unpaired) electrons. The third-order valence-corrected chi connectivity index (χ3v) is 4.04. The molecule has 8 nitrogen and oxygen atoms in total. The summed E-state index contributed by atoms with van der Waals surface area (Å²) in [7, 11) is 0. The summed E-state index contributed by atoms with van der Waals surface area (Å²) >= 11 is 0. The summed E-state index contributed by atoms with van der Waals surface area (Å²) in [4.78, 5) is 18.2. The van der Waals surface area contributed by atoms with Crippen LogP contribution in [0.3, 0.4) is 0 Å². The van der Waals surface area contributed by atoms with Gasteiger partial charge in [0.1, 0.15) is 24.1 Å². The second-order valence-electron chi connectivity index (χ2n) is 5.40. The van der Waals surface area contributed by atoms with E-state index < -0.39 is 36.8 Å². The molecule has 2 saturated heterocycles. The molecule has 21 heavy (non-hydrogen) atoms. The Bertz CT molecular complexity index is 557. The van der Waals surface area contributed by atoms with Gasteiger partial charge in [-0.05, 0) is 18.9 Å². The van der Waals surface area contributed by atoms with Crippen molar-refractivity contribution in [2.24, 2.45) is 0 Å². The number of hydrogen-bond acceptors (Lipinski definition) is 7. The van der Waals surface area contributed by atoms with Gasteiger partial charge in [0, 0.05) is 19.3 Å². The summed E-state index contributed by atoms with van der Waals surface area (Å²) in [6.07, 6.45) is -0.785. The highest BCUT2D eigenvalue weighted by atomic mass is 16.6. The Balaban J connectivity index is 1.84. The molecule has 1 aromatic rings. The van der Waals surface area contributed by atoms with Crippen molar-refractivity contribution in [1.29, 1.82) is 0 Å². The SMILES string of the molecule is O=c1nc(N2CCCC2)ccn1C1OC(CO)C(O)C1O. The summed E-state index contributed by atoms with van der Waals surface area (Å²) in [5, 5.41) is 28.7. The van der Waals surface area contributed by atoms with E-state index in [1.54, 1.807) is 6.07 Å². The predicted molar refractivity (Wildman–Crippen MR) is 73.0 cm³/mol. The maximum absolute atomic E-state index is 12.1. The molecule has 1 aromatic heterocycles. The molecule has 116 valence electrons. The van der Waals surface area contributed by atoms with Crippen molar-refractivity contribution >= 4 is 5.82 Å². The average Bonchev–Trinajstić information content (AvgIpc) is 3.10. The predicted octanol–water partition coefficient (Wildman–Crippen LogP) is -1.54. The van der Waals surface area contributed by atoms with Crippen LogP contribution in [0, 0.1) is 0 Å². The monoisotopic (exact) mass is 297 g/mol. The number of aliphatic hydroxyl groups is 3. The van der Waals surface area contributed by atoms with E-state index in [1.165, 1.54) is 6.20 Å². The number of nitrogens with zero attached hydrogens (tertiary/aromatic N) is 3. The lowest BCUT2D eigenvalue weighted by atomic mass is 10.1. The van der Waals surface area contributed by atoms with E-state index in [9.17, 15) is 15.0 Å². The van der Waals surface area contributed by atoms with E-state index in [4.69, 9.17) is 9.84 Å². The Morgan fingerprint density at radius 3 is 2.57 bits per heavy atom. The van der Waals surface area contributed by atoms with E-state index in [-0.39, 0.29) is 0 Å². The molecular formula is C13H19N3O5. The summed E-state index contributed by atoms with van der Waals surface area (Å²) < 4.78 is 6.47. The molecule has 0 saturated carbocycles. The third kappa shape index (κ3) is 2.55. The fourth-order valence-electron chi connectivity index (χ4n) is 2.83. The van der Waals surface area contributed by atoms with Gasteiger partial charge in [0.25, 0.3) is 0 Å². The summed E-state index contributed by atoms with van der Waals surface area (Å²) in [6, 6.07) is 1.70. The van der Waals surface area contributed by atoms with Crippen LogP contribution in [0.25, 0.3) is 0 Å². The molecule has 2 fully saturated rings. The lowest BCUT2D eigenvalue weighted by molar-refractivity contribution is -0.0549. The van der Waals surface area contributed by atoms with Gasteiger partial charge < -0.3 is 25.0 Å². The Morgan fingerprint density at radius 1 is 1.29 bits per heavy atom. The minimum absolute atomic E-state index is 0.428. The number of ether oxygens (including phenoxy) is 1. The van der Waals surface area contributed by atoms with Crippen LogP contribution in [0.4, 0.5) is 5.82 Å². The molecule has 4 unspecified atom stereocenters. The van der Waals surface area contributed by atoms with Gasteiger partial charge in [-0.1, -0.05) is 0 Å². The van der Waals surface area contributed by atoms with Crippen molar-refractivity contribution in [3.8, 4) is 0 Å². The molecule has 0 bridgehead atoms. The zero-order chi connectivity index (χ0) is 15.0. The molecule has 0 aromatic carbocycles. The molecule has 0 amide bonds. The molecule has 3 heterocycles. The Morgan fingerprint density at radius 2 is 2.00 bits per heavy atom. The standard InChI is InChI=1S/C13H19N3O5/c17-7-8-10(18)11(19)12(21-8)16-6-3-9(14-13(16)20)15-4-1-2-5-15/h3,6,8,10-12,17-19H,1-2,4-5,7H2. The Hall–Kier alpha value is -1.48. The van der Waals surface area contributed by atoms with Crippen molar-refractivity contribution in [3.63, 3.8) is 0 Å². The van der Waals surface area contributed by atoms with E-state index in [2.05, 4.69) is 4.98 Å². The lowest BCUT2D eigenvalue weighted by Crippen LogP contribution is -2.36. The van der Waals surface area contributed by atoms with Gasteiger partial charge in [0.15, 0.2) is 6.23 Å². The van der Waals surface area contributed by atoms with Gasteiger partial charge in [-0.3, -0.25) is 4.57 Å². The third-order valence-electron chi connectivity index (χ3n) is 4.04. The minimum Gasteiger partial charge on any atom is -0.394 e. The van der Waals surface area contributed by atoms with Crippen molar-refractivity contribution in [2.75, 3.05) is 24.6 Å². The second kappa shape index (κ2) is 5.72. The van der Waals surface area contributed by atoms with E-state index in [1.807, 2.05) is 4.90 Å². The molecule has 2 aliphatic heterocycles. The molecule has 0 spiro atoms. The number of aliphatic hydroxyl groups excluding tert-OH is 3. The maximum Gasteiger partial charge on any atom is 0.351 e. The topological polar surface area (TPSA) is 108 Å². The summed E-state index contributed by atoms with van der Waals surface area (Å²) in [6.45, 7) is 1.33. The number of anilines is 1. The number of aromatic nitrogens is 2. The van der Waals surface area contributed by atoms with Gasteiger partial charge in [0.05, 0.1) is 6.61 Å². The molecule has 4 atom stereocenters. The first kappa shape index (κ1) is 14.5. The van der Waals surface area contributed by atoms with Gasteiger partial charge in [0.2, 0.25) is 0 Å². The Kier molecular flexibility index (Phi) is 3.94. The summed E-state index contributed by atoms with van der Waals surface area (Å²) in [5.74, 6) is 0.612. The number of rotatable bonds is 3. The normalized spacial score (nSPS) is 32.8. The molecule has 3 rings (SSSR count). The Labute approximate surface area is 121 Å². The largest absolute Gasteiger partial charge is 0.394 e. The zero-order valence-electron chi connectivity index (χ0n) is 11.5. The first-order valence-corrected chi connectivity index (χ1v) is 7.08. The fourth-order valence-corrected chi connectivity index (χ4v) is 2.83. The van der Waals surface area contributed by atoms with Gasteiger partial charge >= 0.3 is 5.69 Å². The second-order valence-corrected chi connectivity index (χ2v) is 5.40. The van der Waals surface area contributed by atoms with Crippen LogP contribution >= 0.6 is 0 Å². The quantitative estimate of drug-likeness (QED) is 0.620. The first-order chi connectivity index (χ1) is 10.1. The highest BCUT2D eigenvalue weighted by molar-refractivity contribution is 5.37. The molecule has 3 N–H and O–H groups in total. The van der Waals surface area contributed by atoms with Crippen LogP contribution in [-0.4, -0.2) is 62.9 Å². The minimum atomic E-state index is -1.28. The van der Waals surface area contributed by atoms with Crippen LogP contribution in [-0.2, 0) is 4.74 Å². The van der Waals surface area contributed by atoms with Gasteiger partial charge in [-0.2, -0.15) is 4.98 Å². The maximum atomic E-state index is 12.1. The number of hydrogen-bond donors (Lipinski definition) is 3. The summed E-state index contributed by atoms with van der Waals surface area (Å²) in [5.41, 5.74) is -0.547. The van der Waals surface area contributed by atoms with Crippen LogP contribution in [0.1, 0.15) is 19.1 Å². The average molecular weight is 297 g/mol. The van der Waals surface area contributed by atoms with Crippen LogP contribution in [0.5, 0.6) is 0 Å². The van der Waals surface area contributed by atoms with Crippen molar-refractivity contribution in [1.82, 2.24) is 9.55 Å². The van der Waals surface area contributed by atoms with E-state index >= 15 is 0 Å². The fraction of sp³-hybridized carbons (Fsp3) is 0.692. The molecule has 0 aliphatic carbocycles. The lowest BCUT2D eigenvalue weighted by Gasteiger charge is -2.20. The first-order valence-electron chi connectivity index (χ1n) is 7.08. The molecule has 2 aliphatic rings. The zero-order valence-corrected chi connectivity index (χ0v) is 11.5. The van der Waals surface area contributed by atoms with Crippen molar-refractivity contribution < 1.29 is 20.1 Å². The van der Waals surface area contributed by atoms with Crippen LogP contribution in [0.15, 0.2) is 17.1 Å². The van der Waals surface area contributed by atoms with E-state index in [0.717, 1.165) is 30.5 Å². The molecule has 8 heteroatoms. The highest BCUT2D eigenvalue weighted by Gasteiger charge is 2.43. The van der Waals surface area contributed by atoms with Crippen molar-refractivity contribution in [3.05, 3.63) is 22.7 Å².